The van der Waals surface area contributed by atoms with Gasteiger partial charge in [-0.2, -0.15) is 5.26 Å². The fraction of sp³-hybridized carbons (Fsp3) is 0.217. The zero-order chi connectivity index (χ0) is 20.5. The van der Waals surface area contributed by atoms with Crippen molar-refractivity contribution < 1.29 is 4.79 Å². The summed E-state index contributed by atoms with van der Waals surface area (Å²) in [4.78, 5) is 14.7. The molecule has 0 aromatic heterocycles. The maximum Gasteiger partial charge on any atom is 0.266 e. The molecule has 0 saturated carbocycles. The molecular formula is C23H22ClN3O. The molecule has 1 aliphatic heterocycles. The first-order valence-corrected chi connectivity index (χ1v) is 9.36. The maximum absolute atomic E-state index is 12.5. The molecule has 1 N–H and O–H groups in total. The largest absolute Gasteiger partial charge is 0.366 e. The van der Waals surface area contributed by atoms with Crippen LogP contribution in [-0.2, 0) is 4.79 Å². The van der Waals surface area contributed by atoms with Crippen LogP contribution < -0.4 is 10.2 Å². The number of nitriles is 1. The van der Waals surface area contributed by atoms with Gasteiger partial charge >= 0.3 is 0 Å². The highest BCUT2D eigenvalue weighted by Crippen LogP contribution is 2.38. The molecule has 28 heavy (non-hydrogen) atoms. The molecule has 142 valence electrons. The number of fused-ring (bicyclic) bond motifs is 1. The lowest BCUT2D eigenvalue weighted by atomic mass is 9.88. The third-order valence-corrected chi connectivity index (χ3v) is 5.37. The van der Waals surface area contributed by atoms with Crippen molar-refractivity contribution in [1.82, 2.24) is 0 Å². The van der Waals surface area contributed by atoms with Crippen LogP contribution in [0, 0.1) is 11.3 Å². The van der Waals surface area contributed by atoms with Crippen molar-refractivity contribution >= 4 is 40.5 Å². The van der Waals surface area contributed by atoms with Crippen LogP contribution in [0.2, 0.25) is 5.02 Å². The Hall–Kier alpha value is -3.03. The van der Waals surface area contributed by atoms with E-state index in [2.05, 4.69) is 44.1 Å². The van der Waals surface area contributed by atoms with E-state index in [0.29, 0.717) is 10.7 Å². The van der Waals surface area contributed by atoms with Crippen LogP contribution in [0.5, 0.6) is 0 Å². The van der Waals surface area contributed by atoms with E-state index >= 15 is 0 Å². The zero-order valence-electron chi connectivity index (χ0n) is 16.4. The van der Waals surface area contributed by atoms with Gasteiger partial charge in [-0.25, -0.2) is 0 Å². The lowest BCUT2D eigenvalue weighted by Crippen LogP contribution is -2.42. The second kappa shape index (κ2) is 7.53. The van der Waals surface area contributed by atoms with E-state index in [1.54, 1.807) is 30.3 Å². The van der Waals surface area contributed by atoms with Crippen molar-refractivity contribution in [1.29, 1.82) is 5.26 Å². The van der Waals surface area contributed by atoms with Gasteiger partial charge in [-0.1, -0.05) is 35.9 Å². The number of anilines is 2. The summed E-state index contributed by atoms with van der Waals surface area (Å²) in [5.74, 6) is -0.487. The number of allylic oxidation sites excluding steroid dienone is 1. The van der Waals surface area contributed by atoms with Gasteiger partial charge in [0.05, 0.1) is 16.2 Å². The Kier molecular flexibility index (Phi) is 5.31. The van der Waals surface area contributed by atoms with Crippen molar-refractivity contribution in [3.05, 3.63) is 70.3 Å². The molecule has 0 bridgehead atoms. The molecule has 0 aliphatic carbocycles. The smallest absolute Gasteiger partial charge is 0.266 e. The fourth-order valence-electron chi connectivity index (χ4n) is 3.33. The fourth-order valence-corrected chi connectivity index (χ4v) is 3.52. The van der Waals surface area contributed by atoms with Gasteiger partial charge in [-0.3, -0.25) is 4.79 Å². The number of hydrogen-bond acceptors (Lipinski definition) is 3. The molecule has 2 aromatic rings. The van der Waals surface area contributed by atoms with Crippen molar-refractivity contribution in [3.63, 3.8) is 0 Å². The van der Waals surface area contributed by atoms with E-state index in [1.165, 1.54) is 5.57 Å². The van der Waals surface area contributed by atoms with Crippen molar-refractivity contribution in [3.8, 4) is 6.07 Å². The molecule has 1 heterocycles. The van der Waals surface area contributed by atoms with Gasteiger partial charge in [0.2, 0.25) is 0 Å². The SMILES string of the molecule is CC1=CC(C)(C)N(C)c2ccc(/C=C(\C#N)C(=O)Nc3ccccc3Cl)cc21. The normalized spacial score (nSPS) is 15.4. The minimum absolute atomic E-state index is 0.0194. The molecule has 5 heteroatoms. The summed E-state index contributed by atoms with van der Waals surface area (Å²) in [5.41, 5.74) is 4.62. The average molecular weight is 392 g/mol. The third kappa shape index (κ3) is 3.81. The molecule has 3 rings (SSSR count). The predicted octanol–water partition coefficient (Wildman–Crippen LogP) is 5.52. The van der Waals surface area contributed by atoms with Crippen molar-refractivity contribution in [2.75, 3.05) is 17.3 Å². The Labute approximate surface area is 170 Å². The van der Waals surface area contributed by atoms with Crippen molar-refractivity contribution in [2.45, 2.75) is 26.3 Å². The van der Waals surface area contributed by atoms with Crippen LogP contribution in [-0.4, -0.2) is 18.5 Å². The standard InChI is InChI=1S/C23H22ClN3O/c1-15-13-23(2,3)27(4)21-10-9-16(12-18(15)21)11-17(14-25)22(28)26-20-8-6-5-7-19(20)24/h5-13H,1-4H3,(H,26,28)/b17-11+. The summed E-state index contributed by atoms with van der Waals surface area (Å²) in [6.07, 6.45) is 3.82. The van der Waals surface area contributed by atoms with Gasteiger partial charge < -0.3 is 10.2 Å². The van der Waals surface area contributed by atoms with E-state index in [9.17, 15) is 10.1 Å². The minimum Gasteiger partial charge on any atom is -0.366 e. The van der Waals surface area contributed by atoms with E-state index in [-0.39, 0.29) is 11.1 Å². The van der Waals surface area contributed by atoms with Crippen LogP contribution in [0.25, 0.3) is 11.6 Å². The number of nitrogens with one attached hydrogen (secondary N) is 1. The summed E-state index contributed by atoms with van der Waals surface area (Å²) in [5, 5.41) is 12.6. The average Bonchev–Trinajstić information content (AvgIpc) is 2.65. The van der Waals surface area contributed by atoms with Crippen LogP contribution >= 0.6 is 11.6 Å². The molecular weight excluding hydrogens is 370 g/mol. The van der Waals surface area contributed by atoms with Gasteiger partial charge in [-0.15, -0.1) is 0 Å². The second-order valence-corrected chi connectivity index (χ2v) is 7.83. The van der Waals surface area contributed by atoms with Gasteiger partial charge in [0.1, 0.15) is 11.6 Å². The monoisotopic (exact) mass is 391 g/mol. The number of hydrogen-bond donors (Lipinski definition) is 1. The molecule has 0 spiro atoms. The highest BCUT2D eigenvalue weighted by atomic mass is 35.5. The van der Waals surface area contributed by atoms with Gasteiger partial charge in [-0.05, 0) is 62.2 Å². The van der Waals surface area contributed by atoms with E-state index in [1.807, 2.05) is 24.3 Å². The van der Waals surface area contributed by atoms with E-state index < -0.39 is 5.91 Å². The van der Waals surface area contributed by atoms with Crippen LogP contribution in [0.15, 0.2) is 54.1 Å². The van der Waals surface area contributed by atoms with Gasteiger partial charge in [0, 0.05) is 18.3 Å². The van der Waals surface area contributed by atoms with E-state index in [4.69, 9.17) is 11.6 Å². The first kappa shape index (κ1) is 19.7. The lowest BCUT2D eigenvalue weighted by molar-refractivity contribution is -0.112. The Bertz CT molecular complexity index is 1040. The van der Waals surface area contributed by atoms with Crippen LogP contribution in [0.1, 0.15) is 31.9 Å². The van der Waals surface area contributed by atoms with Crippen LogP contribution in [0.3, 0.4) is 0 Å². The number of rotatable bonds is 3. The number of amides is 1. The number of para-hydroxylation sites is 1. The summed E-state index contributed by atoms with van der Waals surface area (Å²) in [6.45, 7) is 6.41. The Morgan fingerprint density at radius 1 is 1.25 bits per heavy atom. The van der Waals surface area contributed by atoms with Gasteiger partial charge in [0.15, 0.2) is 0 Å². The summed E-state index contributed by atoms with van der Waals surface area (Å²) >= 11 is 6.08. The minimum atomic E-state index is -0.487. The molecule has 0 saturated heterocycles. The number of benzene rings is 2. The predicted molar refractivity (Wildman–Crippen MR) is 116 cm³/mol. The molecule has 0 unspecified atom stereocenters. The summed E-state index contributed by atoms with van der Waals surface area (Å²) < 4.78 is 0. The second-order valence-electron chi connectivity index (χ2n) is 7.42. The molecule has 0 radical (unpaired) electrons. The molecule has 0 atom stereocenters. The molecule has 4 nitrogen and oxygen atoms in total. The summed E-state index contributed by atoms with van der Waals surface area (Å²) in [7, 11) is 2.06. The molecule has 2 aromatic carbocycles. The third-order valence-electron chi connectivity index (χ3n) is 5.04. The summed E-state index contributed by atoms with van der Waals surface area (Å²) in [6, 6.07) is 14.9. The molecule has 1 amide bonds. The van der Waals surface area contributed by atoms with Crippen LogP contribution in [0.4, 0.5) is 11.4 Å². The number of likely N-dealkylation sites (N-methyl/N-ethyl adjacent to an activating group) is 1. The maximum atomic E-state index is 12.5. The number of nitrogens with zero attached hydrogens (tertiary/aromatic N) is 2. The number of carbonyl (C=O) groups is 1. The van der Waals surface area contributed by atoms with Gasteiger partial charge in [0.25, 0.3) is 5.91 Å². The molecule has 0 fully saturated rings. The Morgan fingerprint density at radius 2 is 1.96 bits per heavy atom. The molecule has 1 aliphatic rings. The Morgan fingerprint density at radius 3 is 2.64 bits per heavy atom. The first-order valence-electron chi connectivity index (χ1n) is 8.98. The zero-order valence-corrected chi connectivity index (χ0v) is 17.1. The first-order chi connectivity index (χ1) is 13.2. The quantitative estimate of drug-likeness (QED) is 0.553. The highest BCUT2D eigenvalue weighted by molar-refractivity contribution is 6.34. The number of halogens is 1. The number of carbonyl (C=O) groups excluding carboxylic acids is 1. The Balaban J connectivity index is 1.92. The lowest BCUT2D eigenvalue weighted by Gasteiger charge is -2.40. The van der Waals surface area contributed by atoms with Crippen molar-refractivity contribution in [2.24, 2.45) is 0 Å². The topological polar surface area (TPSA) is 56.1 Å². The van der Waals surface area contributed by atoms with E-state index in [0.717, 1.165) is 16.8 Å². The highest BCUT2D eigenvalue weighted by Gasteiger charge is 2.28.